The lowest BCUT2D eigenvalue weighted by Gasteiger charge is -2.14. The van der Waals surface area contributed by atoms with Crippen LogP contribution in [0.4, 0.5) is 4.39 Å². The van der Waals surface area contributed by atoms with E-state index in [-0.39, 0.29) is 11.6 Å². The van der Waals surface area contributed by atoms with Crippen LogP contribution in [0.3, 0.4) is 0 Å². The lowest BCUT2D eigenvalue weighted by atomic mass is 10.0. The average molecular weight is 220 g/mol. The van der Waals surface area contributed by atoms with Crippen molar-refractivity contribution in [2.45, 2.75) is 6.92 Å². The Morgan fingerprint density at radius 2 is 1.44 bits per heavy atom. The Morgan fingerprint density at radius 3 is 1.94 bits per heavy atom. The molecule has 2 aromatic rings. The molecule has 0 saturated heterocycles. The second-order valence-electron chi connectivity index (χ2n) is 3.55. The average Bonchev–Trinajstić information content (AvgIpc) is 2.31. The second-order valence-corrected chi connectivity index (χ2v) is 3.55. The third kappa shape index (κ3) is 1.40. The maximum atomic E-state index is 14.0. The lowest BCUT2D eigenvalue weighted by Crippen LogP contribution is -1.97. The van der Waals surface area contributed by atoms with E-state index < -0.39 is 0 Å². The molecular weight excluding hydrogens is 207 g/mol. The van der Waals surface area contributed by atoms with Gasteiger partial charge in [0.2, 0.25) is 0 Å². The largest absolute Gasteiger partial charge is 0.496 e. The summed E-state index contributed by atoms with van der Waals surface area (Å²) >= 11 is 0. The molecule has 2 rings (SSSR count). The Bertz CT molecular complexity index is 486. The van der Waals surface area contributed by atoms with Crippen molar-refractivity contribution in [2.24, 2.45) is 0 Å². The summed E-state index contributed by atoms with van der Waals surface area (Å²) in [6.07, 6.45) is 0. The number of ether oxygens (including phenoxy) is 2. The first-order chi connectivity index (χ1) is 7.70. The Morgan fingerprint density at radius 1 is 0.938 bits per heavy atom. The third-order valence-corrected chi connectivity index (χ3v) is 2.69. The van der Waals surface area contributed by atoms with Gasteiger partial charge in [-0.05, 0) is 6.92 Å². The Labute approximate surface area is 93.6 Å². The number of hydrogen-bond donors (Lipinski definition) is 0. The van der Waals surface area contributed by atoms with E-state index in [4.69, 9.17) is 9.47 Å². The first-order valence-corrected chi connectivity index (χ1v) is 4.99. The standard InChI is InChI=1S/C13H13FO2/c1-8-11(14)13(16-3)10-7-5-4-6-9(10)12(8)15-2/h4-7H,1-3H3. The van der Waals surface area contributed by atoms with Crippen molar-refractivity contribution in [3.8, 4) is 11.5 Å². The number of benzene rings is 2. The van der Waals surface area contributed by atoms with Gasteiger partial charge in [-0.2, -0.15) is 0 Å². The number of fused-ring (bicyclic) bond motifs is 1. The van der Waals surface area contributed by atoms with E-state index in [2.05, 4.69) is 0 Å². The first kappa shape index (κ1) is 10.7. The van der Waals surface area contributed by atoms with Gasteiger partial charge in [-0.25, -0.2) is 4.39 Å². The highest BCUT2D eigenvalue weighted by molar-refractivity contribution is 5.94. The van der Waals surface area contributed by atoms with E-state index in [1.54, 1.807) is 14.0 Å². The van der Waals surface area contributed by atoms with Gasteiger partial charge >= 0.3 is 0 Å². The van der Waals surface area contributed by atoms with E-state index in [0.717, 1.165) is 10.8 Å². The molecule has 0 aliphatic rings. The molecule has 3 heteroatoms. The summed E-state index contributed by atoms with van der Waals surface area (Å²) in [4.78, 5) is 0. The summed E-state index contributed by atoms with van der Waals surface area (Å²) in [6, 6.07) is 7.45. The molecule has 0 unspecified atom stereocenters. The minimum absolute atomic E-state index is 0.272. The van der Waals surface area contributed by atoms with Crippen molar-refractivity contribution in [3.63, 3.8) is 0 Å². The molecule has 0 aliphatic carbocycles. The van der Waals surface area contributed by atoms with E-state index in [0.29, 0.717) is 11.3 Å². The minimum Gasteiger partial charge on any atom is -0.496 e. The van der Waals surface area contributed by atoms with E-state index in [1.165, 1.54) is 7.11 Å². The monoisotopic (exact) mass is 220 g/mol. The van der Waals surface area contributed by atoms with Crippen molar-refractivity contribution in [1.82, 2.24) is 0 Å². The van der Waals surface area contributed by atoms with Crippen LogP contribution in [0.15, 0.2) is 24.3 Å². The molecule has 0 aromatic heterocycles. The number of halogens is 1. The van der Waals surface area contributed by atoms with Crippen LogP contribution in [0, 0.1) is 12.7 Å². The second kappa shape index (κ2) is 4.00. The smallest absolute Gasteiger partial charge is 0.172 e. The van der Waals surface area contributed by atoms with E-state index in [1.807, 2.05) is 24.3 Å². The molecule has 0 spiro atoms. The van der Waals surface area contributed by atoms with Gasteiger partial charge < -0.3 is 9.47 Å². The van der Waals surface area contributed by atoms with Crippen molar-refractivity contribution in [3.05, 3.63) is 35.6 Å². The van der Waals surface area contributed by atoms with Crippen LogP contribution < -0.4 is 9.47 Å². The van der Waals surface area contributed by atoms with Crippen LogP contribution in [0.1, 0.15) is 5.56 Å². The van der Waals surface area contributed by atoms with Crippen LogP contribution in [0.25, 0.3) is 10.8 Å². The summed E-state index contributed by atoms with van der Waals surface area (Å²) in [7, 11) is 3.01. The first-order valence-electron chi connectivity index (χ1n) is 4.99. The fourth-order valence-corrected chi connectivity index (χ4v) is 1.93. The molecule has 0 saturated carbocycles. The van der Waals surface area contributed by atoms with Gasteiger partial charge in [0, 0.05) is 16.3 Å². The fraction of sp³-hybridized carbons (Fsp3) is 0.231. The molecule has 0 bridgehead atoms. The topological polar surface area (TPSA) is 18.5 Å². The summed E-state index contributed by atoms with van der Waals surface area (Å²) in [5, 5.41) is 1.59. The Kier molecular flexibility index (Phi) is 2.69. The van der Waals surface area contributed by atoms with Gasteiger partial charge in [-0.1, -0.05) is 24.3 Å². The van der Waals surface area contributed by atoms with Gasteiger partial charge in [0.05, 0.1) is 14.2 Å². The molecule has 0 amide bonds. The normalized spacial score (nSPS) is 10.5. The zero-order valence-corrected chi connectivity index (χ0v) is 9.50. The third-order valence-electron chi connectivity index (χ3n) is 2.69. The summed E-state index contributed by atoms with van der Waals surface area (Å²) in [5.41, 5.74) is 0.470. The highest BCUT2D eigenvalue weighted by Gasteiger charge is 2.17. The zero-order valence-electron chi connectivity index (χ0n) is 9.50. The van der Waals surface area contributed by atoms with Gasteiger partial charge in [-0.15, -0.1) is 0 Å². The van der Waals surface area contributed by atoms with Gasteiger partial charge in [0.15, 0.2) is 11.6 Å². The number of rotatable bonds is 2. The van der Waals surface area contributed by atoms with E-state index in [9.17, 15) is 4.39 Å². The van der Waals surface area contributed by atoms with Gasteiger partial charge in [0.1, 0.15) is 5.75 Å². The van der Waals surface area contributed by atoms with Crippen LogP contribution in [-0.4, -0.2) is 14.2 Å². The molecule has 84 valence electrons. The maximum absolute atomic E-state index is 14.0. The molecule has 0 atom stereocenters. The van der Waals surface area contributed by atoms with E-state index >= 15 is 0 Å². The molecule has 0 fully saturated rings. The van der Waals surface area contributed by atoms with Crippen LogP contribution in [0.2, 0.25) is 0 Å². The van der Waals surface area contributed by atoms with Gasteiger partial charge in [-0.3, -0.25) is 0 Å². The van der Waals surface area contributed by atoms with Crippen molar-refractivity contribution < 1.29 is 13.9 Å². The predicted molar refractivity (Wildman–Crippen MR) is 61.7 cm³/mol. The fourth-order valence-electron chi connectivity index (χ4n) is 1.93. The highest BCUT2D eigenvalue weighted by Crippen LogP contribution is 2.38. The molecular formula is C13H13FO2. The zero-order chi connectivity index (χ0) is 11.7. The number of hydrogen-bond acceptors (Lipinski definition) is 2. The van der Waals surface area contributed by atoms with Crippen LogP contribution in [-0.2, 0) is 0 Å². The highest BCUT2D eigenvalue weighted by atomic mass is 19.1. The van der Waals surface area contributed by atoms with Crippen LogP contribution in [0.5, 0.6) is 11.5 Å². The molecule has 16 heavy (non-hydrogen) atoms. The van der Waals surface area contributed by atoms with Crippen LogP contribution >= 0.6 is 0 Å². The molecule has 2 nitrogen and oxygen atoms in total. The SMILES string of the molecule is COc1c(C)c(F)c(OC)c2ccccc12. The minimum atomic E-state index is -0.363. The molecule has 0 radical (unpaired) electrons. The number of methoxy groups -OCH3 is 2. The molecule has 0 aliphatic heterocycles. The quantitative estimate of drug-likeness (QED) is 0.773. The molecule has 0 N–H and O–H groups in total. The maximum Gasteiger partial charge on any atom is 0.172 e. The molecule has 0 heterocycles. The summed E-state index contributed by atoms with van der Waals surface area (Å²) in [5.74, 6) is 0.473. The van der Waals surface area contributed by atoms with Crippen molar-refractivity contribution in [2.75, 3.05) is 14.2 Å². The lowest BCUT2D eigenvalue weighted by molar-refractivity contribution is 0.381. The Balaban J connectivity index is 2.95. The molecule has 2 aromatic carbocycles. The van der Waals surface area contributed by atoms with Crippen molar-refractivity contribution >= 4 is 10.8 Å². The Hall–Kier alpha value is -1.77. The summed E-state index contributed by atoms with van der Waals surface area (Å²) < 4.78 is 24.3. The van der Waals surface area contributed by atoms with Crippen molar-refractivity contribution in [1.29, 1.82) is 0 Å². The van der Waals surface area contributed by atoms with Gasteiger partial charge in [0.25, 0.3) is 0 Å². The predicted octanol–water partition coefficient (Wildman–Crippen LogP) is 3.30. The summed E-state index contributed by atoms with van der Waals surface area (Å²) in [6.45, 7) is 1.68.